The summed E-state index contributed by atoms with van der Waals surface area (Å²) in [6.45, 7) is 5.81. The van der Waals surface area contributed by atoms with Crippen LogP contribution in [-0.2, 0) is 4.74 Å². The zero-order chi connectivity index (χ0) is 7.11. The van der Waals surface area contributed by atoms with Crippen LogP contribution in [0, 0.1) is 6.61 Å². The Labute approximate surface area is 55.4 Å². The molecule has 0 aliphatic rings. The average Bonchev–Trinajstić information content (AvgIpc) is 1.85. The second-order valence-electron chi connectivity index (χ2n) is 1.51. The number of rotatable bonds is 3. The minimum atomic E-state index is -0.376. The van der Waals surface area contributed by atoms with Crippen molar-refractivity contribution in [1.29, 1.82) is 0 Å². The van der Waals surface area contributed by atoms with Crippen LogP contribution < -0.4 is 5.32 Å². The van der Waals surface area contributed by atoms with Crippen LogP contribution in [0.4, 0.5) is 4.79 Å². The Kier molecular flexibility index (Phi) is 4.97. The Morgan fingerprint density at radius 1 is 1.67 bits per heavy atom. The SMILES string of the molecule is CC[CH]OC(=O)NCC. The highest BCUT2D eigenvalue weighted by molar-refractivity contribution is 5.67. The summed E-state index contributed by atoms with van der Waals surface area (Å²) in [6.07, 6.45) is 0.372. The molecule has 0 heterocycles. The van der Waals surface area contributed by atoms with Crippen LogP contribution in [0.3, 0.4) is 0 Å². The minimum Gasteiger partial charge on any atom is -0.442 e. The van der Waals surface area contributed by atoms with Crippen LogP contribution in [0.25, 0.3) is 0 Å². The van der Waals surface area contributed by atoms with Crippen molar-refractivity contribution in [2.45, 2.75) is 20.3 Å². The van der Waals surface area contributed by atoms with Gasteiger partial charge in [-0.05, 0) is 13.3 Å². The van der Waals surface area contributed by atoms with E-state index in [2.05, 4.69) is 10.1 Å². The lowest BCUT2D eigenvalue weighted by molar-refractivity contribution is 0.170. The van der Waals surface area contributed by atoms with Crippen LogP contribution >= 0.6 is 0 Å². The molecule has 0 saturated carbocycles. The summed E-state index contributed by atoms with van der Waals surface area (Å²) < 4.78 is 4.56. The topological polar surface area (TPSA) is 38.3 Å². The summed E-state index contributed by atoms with van der Waals surface area (Å²) in [4.78, 5) is 10.4. The van der Waals surface area contributed by atoms with Crippen LogP contribution in [0.2, 0.25) is 0 Å². The molecule has 0 aliphatic heterocycles. The van der Waals surface area contributed by atoms with Gasteiger partial charge in [-0.15, -0.1) is 0 Å². The molecule has 0 aromatic carbocycles. The summed E-state index contributed by atoms with van der Waals surface area (Å²) in [5.74, 6) is 0. The third-order valence-electron chi connectivity index (χ3n) is 0.678. The minimum absolute atomic E-state index is 0.376. The van der Waals surface area contributed by atoms with E-state index >= 15 is 0 Å². The molecule has 1 amide bonds. The van der Waals surface area contributed by atoms with Gasteiger partial charge in [0.25, 0.3) is 0 Å². The monoisotopic (exact) mass is 130 g/mol. The third kappa shape index (κ3) is 5.14. The highest BCUT2D eigenvalue weighted by Crippen LogP contribution is 1.86. The molecule has 0 spiro atoms. The van der Waals surface area contributed by atoms with Crippen LogP contribution in [0.5, 0.6) is 0 Å². The summed E-state index contributed by atoms with van der Waals surface area (Å²) in [6, 6.07) is 0. The quantitative estimate of drug-likeness (QED) is 0.625. The summed E-state index contributed by atoms with van der Waals surface area (Å²) in [7, 11) is 0. The van der Waals surface area contributed by atoms with Gasteiger partial charge in [-0.3, -0.25) is 0 Å². The van der Waals surface area contributed by atoms with Gasteiger partial charge in [0.1, 0.15) is 6.61 Å². The standard InChI is InChI=1S/C6H12NO2/c1-3-5-9-6(8)7-4-2/h5H,3-4H2,1-2H3,(H,7,8). The number of carbonyl (C=O) groups excluding carboxylic acids is 1. The molecule has 0 unspecified atom stereocenters. The number of hydrogen-bond acceptors (Lipinski definition) is 2. The van der Waals surface area contributed by atoms with Crippen LogP contribution in [0.1, 0.15) is 20.3 Å². The van der Waals surface area contributed by atoms with Crippen molar-refractivity contribution in [3.63, 3.8) is 0 Å². The molecule has 1 N–H and O–H groups in total. The smallest absolute Gasteiger partial charge is 0.407 e. The molecule has 3 heteroatoms. The predicted molar refractivity (Wildman–Crippen MR) is 34.7 cm³/mol. The number of ether oxygens (including phenoxy) is 1. The molecular weight excluding hydrogens is 118 g/mol. The fourth-order valence-corrected chi connectivity index (χ4v) is 0.345. The van der Waals surface area contributed by atoms with Gasteiger partial charge in [0, 0.05) is 6.54 Å². The van der Waals surface area contributed by atoms with Crippen LogP contribution in [0.15, 0.2) is 0 Å². The summed E-state index contributed by atoms with van der Waals surface area (Å²) in [5.41, 5.74) is 0. The third-order valence-corrected chi connectivity index (χ3v) is 0.678. The lowest BCUT2D eigenvalue weighted by Gasteiger charge is -2.00. The van der Waals surface area contributed by atoms with Gasteiger partial charge in [-0.2, -0.15) is 0 Å². The van der Waals surface area contributed by atoms with Gasteiger partial charge in [0.2, 0.25) is 0 Å². The first kappa shape index (κ1) is 8.27. The first-order chi connectivity index (χ1) is 4.31. The number of carbonyl (C=O) groups is 1. The molecule has 3 nitrogen and oxygen atoms in total. The second kappa shape index (κ2) is 5.41. The summed E-state index contributed by atoms with van der Waals surface area (Å²) >= 11 is 0. The molecule has 0 aliphatic carbocycles. The van der Waals surface area contributed by atoms with Crippen molar-refractivity contribution in [1.82, 2.24) is 5.32 Å². The lowest BCUT2D eigenvalue weighted by Crippen LogP contribution is -2.22. The zero-order valence-corrected chi connectivity index (χ0v) is 5.81. The average molecular weight is 130 g/mol. The molecule has 1 radical (unpaired) electrons. The molecule has 0 aromatic rings. The Hall–Kier alpha value is -0.730. The molecule has 0 aromatic heterocycles. The van der Waals surface area contributed by atoms with Gasteiger partial charge in [0.05, 0.1) is 0 Å². The first-order valence-corrected chi connectivity index (χ1v) is 3.07. The van der Waals surface area contributed by atoms with Gasteiger partial charge < -0.3 is 10.1 Å². The van der Waals surface area contributed by atoms with E-state index in [1.807, 2.05) is 13.8 Å². The molecule has 0 fully saturated rings. The lowest BCUT2D eigenvalue weighted by atomic mass is 10.5. The van der Waals surface area contributed by atoms with E-state index < -0.39 is 0 Å². The zero-order valence-electron chi connectivity index (χ0n) is 5.81. The van der Waals surface area contributed by atoms with Crippen molar-refractivity contribution in [2.24, 2.45) is 0 Å². The van der Waals surface area contributed by atoms with E-state index in [0.29, 0.717) is 6.54 Å². The van der Waals surface area contributed by atoms with Crippen molar-refractivity contribution in [3.05, 3.63) is 6.61 Å². The molecule has 0 atom stereocenters. The van der Waals surface area contributed by atoms with Gasteiger partial charge in [-0.25, -0.2) is 4.79 Å². The van der Waals surface area contributed by atoms with E-state index in [9.17, 15) is 4.79 Å². The second-order valence-corrected chi connectivity index (χ2v) is 1.51. The Morgan fingerprint density at radius 3 is 2.78 bits per heavy atom. The molecule has 53 valence electrons. The normalized spacial score (nSPS) is 8.67. The Balaban J connectivity index is 3.06. The fourth-order valence-electron chi connectivity index (χ4n) is 0.345. The highest BCUT2D eigenvalue weighted by atomic mass is 16.5. The number of hydrogen-bond donors (Lipinski definition) is 1. The number of alkyl carbamates (subject to hydrolysis) is 1. The first-order valence-electron chi connectivity index (χ1n) is 3.07. The highest BCUT2D eigenvalue weighted by Gasteiger charge is 1.95. The van der Waals surface area contributed by atoms with E-state index in [0.717, 1.165) is 6.42 Å². The largest absolute Gasteiger partial charge is 0.442 e. The van der Waals surface area contributed by atoms with Crippen LogP contribution in [-0.4, -0.2) is 12.6 Å². The molecular formula is C6H12NO2. The number of nitrogens with one attached hydrogen (secondary N) is 1. The van der Waals surface area contributed by atoms with E-state index in [-0.39, 0.29) is 6.09 Å². The molecule has 0 saturated heterocycles. The maximum absolute atomic E-state index is 10.4. The van der Waals surface area contributed by atoms with Gasteiger partial charge >= 0.3 is 6.09 Å². The van der Waals surface area contributed by atoms with E-state index in [4.69, 9.17) is 0 Å². The van der Waals surface area contributed by atoms with Gasteiger partial charge in [0.15, 0.2) is 0 Å². The summed E-state index contributed by atoms with van der Waals surface area (Å²) in [5, 5.41) is 2.49. The number of amides is 1. The maximum Gasteiger partial charge on any atom is 0.407 e. The fraction of sp³-hybridized carbons (Fsp3) is 0.667. The Morgan fingerprint density at radius 2 is 2.33 bits per heavy atom. The Bertz CT molecular complexity index is 83.1. The van der Waals surface area contributed by atoms with Crippen molar-refractivity contribution >= 4 is 6.09 Å². The molecule has 0 rings (SSSR count). The maximum atomic E-state index is 10.4. The van der Waals surface area contributed by atoms with E-state index in [1.54, 1.807) is 0 Å². The van der Waals surface area contributed by atoms with Crippen molar-refractivity contribution < 1.29 is 9.53 Å². The van der Waals surface area contributed by atoms with Crippen molar-refractivity contribution in [2.75, 3.05) is 6.54 Å². The predicted octanol–water partition coefficient (Wildman–Crippen LogP) is 1.30. The van der Waals surface area contributed by atoms with Gasteiger partial charge in [-0.1, -0.05) is 6.92 Å². The van der Waals surface area contributed by atoms with E-state index in [1.165, 1.54) is 6.61 Å². The molecule has 0 bridgehead atoms. The van der Waals surface area contributed by atoms with Crippen molar-refractivity contribution in [3.8, 4) is 0 Å². The molecule has 9 heavy (non-hydrogen) atoms.